The third-order valence-corrected chi connectivity index (χ3v) is 5.48. The van der Waals surface area contributed by atoms with Crippen molar-refractivity contribution < 1.29 is 9.21 Å². The number of anilines is 1. The molecule has 2 aromatic heterocycles. The summed E-state index contributed by atoms with van der Waals surface area (Å²) in [6.45, 7) is 3.43. The van der Waals surface area contributed by atoms with Crippen LogP contribution in [-0.4, -0.2) is 22.8 Å². The van der Waals surface area contributed by atoms with Crippen molar-refractivity contribution in [1.82, 2.24) is 9.88 Å². The number of rotatable bonds is 7. The van der Waals surface area contributed by atoms with Crippen LogP contribution < -0.4 is 5.32 Å². The van der Waals surface area contributed by atoms with Crippen LogP contribution >= 0.6 is 11.3 Å². The van der Waals surface area contributed by atoms with Crippen molar-refractivity contribution in [3.8, 4) is 11.5 Å². The van der Waals surface area contributed by atoms with Crippen LogP contribution in [0.5, 0.6) is 0 Å². The molecular formula is C24H23N3O2S. The Balaban J connectivity index is 1.52. The summed E-state index contributed by atoms with van der Waals surface area (Å²) in [5.41, 5.74) is 4.23. The quantitative estimate of drug-likeness (QED) is 0.425. The lowest BCUT2D eigenvalue weighted by atomic mass is 10.1. The third kappa shape index (κ3) is 4.67. The zero-order valence-corrected chi connectivity index (χ0v) is 17.8. The Bertz CT molecular complexity index is 1120. The minimum atomic E-state index is -0.144. The summed E-state index contributed by atoms with van der Waals surface area (Å²) in [5.74, 6) is 1.15. The first-order chi connectivity index (χ1) is 14.6. The molecule has 0 aliphatic carbocycles. The predicted molar refractivity (Wildman–Crippen MR) is 121 cm³/mol. The van der Waals surface area contributed by atoms with Crippen molar-refractivity contribution in [2.45, 2.75) is 20.0 Å². The third-order valence-electron chi connectivity index (χ3n) is 4.80. The second-order valence-electron chi connectivity index (χ2n) is 7.19. The van der Waals surface area contributed by atoms with E-state index in [-0.39, 0.29) is 5.91 Å². The number of benzene rings is 2. The van der Waals surface area contributed by atoms with Gasteiger partial charge in [-0.15, -0.1) is 0 Å². The van der Waals surface area contributed by atoms with Gasteiger partial charge in [-0.2, -0.15) is 11.3 Å². The average Bonchev–Trinajstić information content (AvgIpc) is 3.40. The topological polar surface area (TPSA) is 58.4 Å². The van der Waals surface area contributed by atoms with Crippen molar-refractivity contribution in [3.63, 3.8) is 0 Å². The highest BCUT2D eigenvalue weighted by atomic mass is 32.1. The summed E-state index contributed by atoms with van der Waals surface area (Å²) >= 11 is 1.49. The van der Waals surface area contributed by atoms with Gasteiger partial charge in [0.2, 0.25) is 5.89 Å². The Morgan fingerprint density at radius 2 is 1.83 bits per heavy atom. The molecule has 4 aromatic rings. The minimum Gasteiger partial charge on any atom is -0.441 e. The predicted octanol–water partition coefficient (Wildman–Crippen LogP) is 5.60. The number of hydrogen-bond donors (Lipinski definition) is 1. The largest absolute Gasteiger partial charge is 0.441 e. The number of aromatic nitrogens is 1. The van der Waals surface area contributed by atoms with Crippen LogP contribution in [0.25, 0.3) is 11.5 Å². The smallest absolute Gasteiger partial charge is 0.256 e. The van der Waals surface area contributed by atoms with Crippen LogP contribution in [0.4, 0.5) is 5.69 Å². The number of para-hydroxylation sites is 1. The van der Waals surface area contributed by atoms with E-state index in [0.29, 0.717) is 23.7 Å². The molecule has 0 bridgehead atoms. The second kappa shape index (κ2) is 9.07. The number of carbonyl (C=O) groups is 1. The van der Waals surface area contributed by atoms with Gasteiger partial charge < -0.3 is 9.73 Å². The molecule has 2 heterocycles. The zero-order valence-electron chi connectivity index (χ0n) is 17.0. The van der Waals surface area contributed by atoms with Gasteiger partial charge in [-0.25, -0.2) is 4.98 Å². The van der Waals surface area contributed by atoms with Gasteiger partial charge in [0.15, 0.2) is 0 Å². The van der Waals surface area contributed by atoms with Crippen molar-refractivity contribution in [3.05, 3.63) is 94.0 Å². The molecule has 1 amide bonds. The molecule has 0 aliphatic heterocycles. The van der Waals surface area contributed by atoms with E-state index in [2.05, 4.69) is 29.4 Å². The first-order valence-corrected chi connectivity index (χ1v) is 10.7. The van der Waals surface area contributed by atoms with Gasteiger partial charge in [0.25, 0.3) is 5.91 Å². The maximum Gasteiger partial charge on any atom is 0.256 e. The summed E-state index contributed by atoms with van der Waals surface area (Å²) < 4.78 is 5.98. The number of amides is 1. The molecule has 0 unspecified atom stereocenters. The van der Waals surface area contributed by atoms with E-state index in [1.165, 1.54) is 16.9 Å². The van der Waals surface area contributed by atoms with Crippen LogP contribution in [-0.2, 0) is 13.1 Å². The summed E-state index contributed by atoms with van der Waals surface area (Å²) in [6.07, 6.45) is 0. The van der Waals surface area contributed by atoms with E-state index < -0.39 is 0 Å². The Labute approximate surface area is 180 Å². The van der Waals surface area contributed by atoms with Crippen molar-refractivity contribution in [2.24, 2.45) is 0 Å². The Morgan fingerprint density at radius 3 is 2.60 bits per heavy atom. The molecule has 0 aliphatic rings. The zero-order chi connectivity index (χ0) is 20.9. The molecule has 0 atom stereocenters. The number of aryl methyl sites for hydroxylation is 1. The molecule has 4 rings (SSSR count). The molecule has 0 spiro atoms. The number of nitrogens with one attached hydrogen (secondary N) is 1. The summed E-state index contributed by atoms with van der Waals surface area (Å²) in [4.78, 5) is 19.4. The summed E-state index contributed by atoms with van der Waals surface area (Å²) in [5, 5.41) is 6.68. The number of oxazole rings is 1. The molecule has 30 heavy (non-hydrogen) atoms. The van der Waals surface area contributed by atoms with Crippen LogP contribution in [0.1, 0.15) is 27.4 Å². The molecule has 6 heteroatoms. The van der Waals surface area contributed by atoms with Gasteiger partial charge in [-0.1, -0.05) is 42.5 Å². The molecule has 0 fully saturated rings. The highest BCUT2D eigenvalue weighted by molar-refractivity contribution is 7.08. The molecule has 2 aromatic carbocycles. The fourth-order valence-corrected chi connectivity index (χ4v) is 3.90. The standard InChI is InChI=1S/C24H23N3O2S/c1-17-22(15-27(2)14-18-8-4-3-5-9-18)26-24(29-17)20-10-6-7-11-21(20)25-23(28)19-12-13-30-16-19/h3-13,16H,14-15H2,1-2H3,(H,25,28). The Hall–Kier alpha value is -3.22. The van der Waals surface area contributed by atoms with Crippen molar-refractivity contribution in [2.75, 3.05) is 12.4 Å². The minimum absolute atomic E-state index is 0.144. The molecular weight excluding hydrogens is 394 g/mol. The first kappa shape index (κ1) is 20.1. The summed E-state index contributed by atoms with van der Waals surface area (Å²) in [6, 6.07) is 19.7. The van der Waals surface area contributed by atoms with Crippen molar-refractivity contribution >= 4 is 22.9 Å². The SMILES string of the molecule is Cc1oc(-c2ccccc2NC(=O)c2ccsc2)nc1CN(C)Cc1ccccc1. The Morgan fingerprint density at radius 1 is 1.07 bits per heavy atom. The van der Waals surface area contributed by atoms with Gasteiger partial charge in [0, 0.05) is 18.5 Å². The molecule has 1 N–H and O–H groups in total. The van der Waals surface area contributed by atoms with E-state index in [0.717, 1.165) is 23.6 Å². The Kier molecular flexibility index (Phi) is 6.07. The van der Waals surface area contributed by atoms with Crippen molar-refractivity contribution in [1.29, 1.82) is 0 Å². The lowest BCUT2D eigenvalue weighted by Crippen LogP contribution is -2.17. The van der Waals surface area contributed by atoms with E-state index in [9.17, 15) is 4.79 Å². The van der Waals surface area contributed by atoms with Gasteiger partial charge in [0.05, 0.1) is 22.5 Å². The van der Waals surface area contributed by atoms with Gasteiger partial charge in [-0.3, -0.25) is 9.69 Å². The van der Waals surface area contributed by atoms with E-state index in [1.54, 1.807) is 6.07 Å². The average molecular weight is 418 g/mol. The summed E-state index contributed by atoms with van der Waals surface area (Å²) in [7, 11) is 2.07. The number of hydrogen-bond acceptors (Lipinski definition) is 5. The maximum atomic E-state index is 12.5. The van der Waals surface area contributed by atoms with E-state index in [4.69, 9.17) is 9.40 Å². The molecule has 152 valence electrons. The lowest BCUT2D eigenvalue weighted by Gasteiger charge is -2.15. The van der Waals surface area contributed by atoms with Crippen LogP contribution in [0.3, 0.4) is 0 Å². The fourth-order valence-electron chi connectivity index (χ4n) is 3.26. The molecule has 0 saturated carbocycles. The molecule has 0 radical (unpaired) electrons. The number of carbonyl (C=O) groups excluding carboxylic acids is 1. The van der Waals surface area contributed by atoms with E-state index >= 15 is 0 Å². The maximum absolute atomic E-state index is 12.5. The van der Waals surface area contributed by atoms with Crippen LogP contribution in [0, 0.1) is 6.92 Å². The van der Waals surface area contributed by atoms with Crippen LogP contribution in [0.15, 0.2) is 75.8 Å². The van der Waals surface area contributed by atoms with Gasteiger partial charge in [-0.05, 0) is 43.1 Å². The van der Waals surface area contributed by atoms with Crippen LogP contribution in [0.2, 0.25) is 0 Å². The highest BCUT2D eigenvalue weighted by Gasteiger charge is 2.17. The number of nitrogens with zero attached hydrogens (tertiary/aromatic N) is 2. The first-order valence-electron chi connectivity index (χ1n) is 9.72. The van der Waals surface area contributed by atoms with E-state index in [1.807, 2.05) is 60.1 Å². The van der Waals surface area contributed by atoms with Gasteiger partial charge >= 0.3 is 0 Å². The molecule has 0 saturated heterocycles. The lowest BCUT2D eigenvalue weighted by molar-refractivity contribution is 0.102. The normalized spacial score (nSPS) is 11.0. The fraction of sp³-hybridized carbons (Fsp3) is 0.167. The number of thiophene rings is 1. The molecule has 5 nitrogen and oxygen atoms in total. The van der Waals surface area contributed by atoms with Gasteiger partial charge in [0.1, 0.15) is 5.76 Å². The highest BCUT2D eigenvalue weighted by Crippen LogP contribution is 2.29. The second-order valence-corrected chi connectivity index (χ2v) is 7.97. The monoisotopic (exact) mass is 417 g/mol.